The number of nitrogens with two attached hydrogens (primary N) is 4. The number of nitrogens with one attached hydrogen (secondary N) is 16. The Hall–Kier alpha value is -13.9. The molecule has 0 unspecified atom stereocenters. The quantitative estimate of drug-likeness (QED) is 0.00837. The molecule has 134 heavy (non-hydrogen) atoms. The van der Waals surface area contributed by atoms with Crippen LogP contribution in [0.3, 0.4) is 0 Å². The van der Waals surface area contributed by atoms with E-state index in [-0.39, 0.29) is 121 Å². The van der Waals surface area contributed by atoms with Gasteiger partial charge in [0.15, 0.2) is 5.96 Å². The van der Waals surface area contributed by atoms with E-state index >= 15 is 19.2 Å². The van der Waals surface area contributed by atoms with Crippen LogP contribution in [0.25, 0.3) is 0 Å². The number of sulfone groups is 1. The van der Waals surface area contributed by atoms with Crippen LogP contribution < -0.4 is 103 Å². The second kappa shape index (κ2) is 60.2. The van der Waals surface area contributed by atoms with Gasteiger partial charge in [-0.2, -0.15) is 0 Å². The predicted molar refractivity (Wildman–Crippen MR) is 486 cm³/mol. The molecular weight excluding hydrogens is 1770 g/mol. The molecule has 0 fully saturated rings. The molecular formula is C87H130N20O26S. The zero-order chi connectivity index (χ0) is 100. The van der Waals surface area contributed by atoms with Crippen LogP contribution in [-0.2, 0) is 120 Å². The van der Waals surface area contributed by atoms with Gasteiger partial charge < -0.3 is 133 Å². The number of rotatable bonds is 64. The minimum absolute atomic E-state index is 0.0247. The van der Waals surface area contributed by atoms with Crippen molar-refractivity contribution in [2.45, 2.75) is 229 Å². The molecule has 13 atom stereocenters. The maximum Gasteiger partial charge on any atom is 0.407 e. The third-order valence-electron chi connectivity index (χ3n) is 20.3. The SMILES string of the molecule is C=CCOC(=O)CC[C@H](NC(=O)[C@@H](NC(=O)[C@H](CCC(=O)O)NC(C)=O)C(C)C)C(=O)N[C@@H](CCCCN)C(=O)N[C@@H](Cc1ccccc1)C(=O)N[C@@H](CCS(C)(=O)=O)C(=O)N[C@@H](CCCCNC(=O)OCC=C)C(=O)N[C@H](C(=O)N[C@@H](Cc1ccc(O)cc1)C(=O)N[C@@H](CCC(N)=O)C(=O)N[C@@H](CCCNC(=N)N)C(=O)N[C@@H](CO)C(=O)N[C@@H](Cc1ccc(O)cc1)C(N)=O)C(C)C. The summed E-state index contributed by atoms with van der Waals surface area (Å²) in [7, 11) is -4.03. The molecule has 740 valence electrons. The summed E-state index contributed by atoms with van der Waals surface area (Å²) in [4.78, 5) is 250. The highest BCUT2D eigenvalue weighted by atomic mass is 32.2. The number of carbonyl (C=O) groups is 18. The summed E-state index contributed by atoms with van der Waals surface area (Å²) in [6, 6.07) is -3.00. The lowest BCUT2D eigenvalue weighted by Gasteiger charge is -2.29. The fraction of sp³-hybridized carbons (Fsp3) is 0.529. The second-order valence-electron chi connectivity index (χ2n) is 32.3. The van der Waals surface area contributed by atoms with Gasteiger partial charge in [-0.15, -0.1) is 0 Å². The van der Waals surface area contributed by atoms with Gasteiger partial charge in [0.1, 0.15) is 113 Å². The Bertz CT molecular complexity index is 4610. The van der Waals surface area contributed by atoms with E-state index in [0.717, 1.165) is 13.2 Å². The number of alkyl carbamates (subject to hydrolysis) is 1. The first-order chi connectivity index (χ1) is 63.3. The van der Waals surface area contributed by atoms with Crippen molar-refractivity contribution < 1.29 is 125 Å². The van der Waals surface area contributed by atoms with Gasteiger partial charge >= 0.3 is 18.0 Å². The summed E-state index contributed by atoms with van der Waals surface area (Å²) < 4.78 is 36.2. The Labute approximate surface area is 776 Å². The average molecular weight is 1900 g/mol. The number of aromatic hydroxyl groups is 2. The number of carboxylic acids is 1. The van der Waals surface area contributed by atoms with E-state index in [1.807, 2.05) is 0 Å². The van der Waals surface area contributed by atoms with Gasteiger partial charge in [0, 0.05) is 64.8 Å². The molecule has 0 radical (unpaired) electrons. The van der Waals surface area contributed by atoms with Crippen molar-refractivity contribution in [3.8, 4) is 11.5 Å². The molecule has 3 aromatic carbocycles. The van der Waals surface area contributed by atoms with Crippen LogP contribution in [-0.4, -0.2) is 271 Å². The van der Waals surface area contributed by atoms with Gasteiger partial charge in [-0.3, -0.25) is 86.9 Å². The number of carboxylic acid groups (broad SMARTS) is 1. The molecule has 0 spiro atoms. The summed E-state index contributed by atoms with van der Waals surface area (Å²) in [5.41, 5.74) is 23.6. The van der Waals surface area contributed by atoms with Crippen molar-refractivity contribution >= 4 is 122 Å². The molecule has 0 bridgehead atoms. The molecule has 46 nitrogen and oxygen atoms in total. The standard InChI is InChI=1S/C87H130N20O26S/c1-9-42-132-70(115)37-34-62(101-84(127)71(49(3)4)107-80(123)60(95-51(7)109)33-36-69(113)114)77(120)96-57(21-14-16-39-88)74(117)103-65(46-52-19-12-11-13-20-52)81(124)100-63(38-44-134(8,130)131)78(121)97-58(22-15-17-40-94-87(129)133-43-10-2)79(122)106-72(50(5)6)85(128)104-66(47-54-26-30-56(111)31-27-54)82(125)99-61(32-35-68(89)112)76(119)98-59(23-18-41-93-86(91)92)75(118)105-67(48-108)83(126)102-64(73(90)116)45-53-24-28-55(110)29-25-53/h9-13,19-20,24-31,49-50,57-67,71-72,108,110-111H,1-2,14-18,21-23,32-48,88H2,3-8H3,(H2,89,112)(H2,90,116)(H,94,129)(H,95,109)(H,96,120)(H,97,121)(H,98,119)(H,99,125)(H,100,124)(H,101,127)(H,102,126)(H,103,117)(H,104,128)(H,105,118)(H,106,122)(H,107,123)(H,113,114)(H4,91,92,93)/t57-,58-,59-,60-,61-,62-,63-,64-,65-,66-,67-,71-,72-/m0/s1. The number of ether oxygens (including phenoxy) is 2. The number of amides is 16. The Kier molecular flexibility index (Phi) is 51.4. The number of phenols is 2. The smallest absolute Gasteiger partial charge is 0.407 e. The summed E-state index contributed by atoms with van der Waals surface area (Å²) in [5.74, 6) is -21.3. The Morgan fingerprint density at radius 2 is 0.769 bits per heavy atom. The molecule has 0 aliphatic carbocycles. The molecule has 28 N–H and O–H groups in total. The summed E-state index contributed by atoms with van der Waals surface area (Å²) in [6.45, 7) is 12.5. The van der Waals surface area contributed by atoms with E-state index < -0.39 is 270 Å². The molecule has 0 saturated carbocycles. The topological polar surface area (TPSA) is 749 Å². The second-order valence-corrected chi connectivity index (χ2v) is 34.5. The minimum atomic E-state index is -4.03. The lowest BCUT2D eigenvalue weighted by Crippen LogP contribution is -2.62. The number of aliphatic hydroxyl groups excluding tert-OH is 1. The number of phenolic OH excluding ortho intramolecular Hbond substituents is 2. The lowest BCUT2D eigenvalue weighted by atomic mass is 9.99. The van der Waals surface area contributed by atoms with Crippen molar-refractivity contribution in [2.24, 2.45) is 34.8 Å². The first-order valence-electron chi connectivity index (χ1n) is 43.4. The Morgan fingerprint density at radius 1 is 0.418 bits per heavy atom. The van der Waals surface area contributed by atoms with E-state index in [4.69, 9.17) is 37.8 Å². The summed E-state index contributed by atoms with van der Waals surface area (Å²) in [6.07, 6.45) is -2.74. The number of guanidine groups is 1. The zero-order valence-electron chi connectivity index (χ0n) is 75.9. The van der Waals surface area contributed by atoms with Crippen LogP contribution in [0, 0.1) is 17.2 Å². The number of aliphatic hydroxyl groups is 1. The van der Waals surface area contributed by atoms with Crippen LogP contribution in [0.5, 0.6) is 11.5 Å². The van der Waals surface area contributed by atoms with Gasteiger partial charge in [0.2, 0.25) is 88.6 Å². The van der Waals surface area contributed by atoms with Gasteiger partial charge in [-0.1, -0.05) is 108 Å². The van der Waals surface area contributed by atoms with Crippen molar-refractivity contribution in [1.29, 1.82) is 5.41 Å². The van der Waals surface area contributed by atoms with Crippen molar-refractivity contribution in [1.82, 2.24) is 79.8 Å². The van der Waals surface area contributed by atoms with E-state index in [1.54, 1.807) is 30.3 Å². The fourth-order valence-electron chi connectivity index (χ4n) is 13.1. The fourth-order valence-corrected chi connectivity index (χ4v) is 13.7. The predicted octanol–water partition coefficient (Wildman–Crippen LogP) is -4.21. The molecule has 0 heterocycles. The van der Waals surface area contributed by atoms with Crippen molar-refractivity contribution in [3.63, 3.8) is 0 Å². The summed E-state index contributed by atoms with van der Waals surface area (Å²) >= 11 is 0. The van der Waals surface area contributed by atoms with Gasteiger partial charge in [-0.05, 0) is 136 Å². The number of benzene rings is 3. The zero-order valence-corrected chi connectivity index (χ0v) is 76.7. The highest BCUT2D eigenvalue weighted by Crippen LogP contribution is 2.19. The highest BCUT2D eigenvalue weighted by Gasteiger charge is 2.40. The van der Waals surface area contributed by atoms with Crippen LogP contribution >= 0.6 is 0 Å². The molecule has 3 aromatic rings. The van der Waals surface area contributed by atoms with Crippen molar-refractivity contribution in [2.75, 3.05) is 51.5 Å². The van der Waals surface area contributed by atoms with Crippen LogP contribution in [0.2, 0.25) is 0 Å². The average Bonchev–Trinajstić information content (AvgIpc) is 0.836. The maximum atomic E-state index is 15.2. The van der Waals surface area contributed by atoms with E-state index in [0.29, 0.717) is 11.1 Å². The molecule has 0 aliphatic heterocycles. The van der Waals surface area contributed by atoms with Gasteiger partial charge in [0.05, 0.1) is 12.4 Å². The third-order valence-corrected chi connectivity index (χ3v) is 21.3. The van der Waals surface area contributed by atoms with E-state index in [9.17, 15) is 96.0 Å². The number of hydrogen-bond donors (Lipinski definition) is 24. The number of esters is 1. The Balaban J connectivity index is 2.17. The highest BCUT2D eigenvalue weighted by molar-refractivity contribution is 7.90. The maximum absolute atomic E-state index is 15.2. The third kappa shape index (κ3) is 45.3. The lowest BCUT2D eigenvalue weighted by molar-refractivity contribution is -0.143. The summed E-state index contributed by atoms with van der Waals surface area (Å²) in [5, 5.41) is 84.9. The number of aliphatic carboxylic acids is 1. The van der Waals surface area contributed by atoms with E-state index in [1.165, 1.54) is 88.4 Å². The normalized spacial score (nSPS) is 14.0. The number of primary amides is 2. The molecule has 3 rings (SSSR count). The number of hydrogen-bond acceptors (Lipinski definition) is 27. The van der Waals surface area contributed by atoms with Gasteiger partial charge in [0.25, 0.3) is 0 Å². The monoisotopic (exact) mass is 1900 g/mol. The van der Waals surface area contributed by atoms with E-state index in [2.05, 4.69) is 92.9 Å². The minimum Gasteiger partial charge on any atom is -0.508 e. The van der Waals surface area contributed by atoms with Crippen LogP contribution in [0.15, 0.2) is 104 Å². The molecule has 0 aromatic heterocycles. The first kappa shape index (κ1) is 114. The van der Waals surface area contributed by atoms with Gasteiger partial charge in [-0.25, -0.2) is 13.2 Å². The van der Waals surface area contributed by atoms with Crippen molar-refractivity contribution in [3.05, 3.63) is 121 Å². The van der Waals surface area contributed by atoms with Crippen LogP contribution in [0.4, 0.5) is 4.79 Å². The molecule has 16 amide bonds. The molecule has 47 heteroatoms. The van der Waals surface area contributed by atoms with Crippen LogP contribution in [0.1, 0.15) is 148 Å². The first-order valence-corrected chi connectivity index (χ1v) is 45.5. The molecule has 0 saturated heterocycles. The Morgan fingerprint density at radius 3 is 1.19 bits per heavy atom. The number of unbranched alkanes of at least 4 members (excludes halogenated alkanes) is 2. The largest absolute Gasteiger partial charge is 0.508 e. The molecule has 0 aliphatic rings. The number of carbonyl (C=O) groups excluding carboxylic acids is 17.